The Morgan fingerprint density at radius 1 is 1.24 bits per heavy atom. The van der Waals surface area contributed by atoms with Gasteiger partial charge in [0.1, 0.15) is 12.1 Å². The van der Waals surface area contributed by atoms with E-state index in [9.17, 15) is 0 Å². The Bertz CT molecular complexity index is 775. The van der Waals surface area contributed by atoms with Crippen molar-refractivity contribution < 1.29 is 0 Å². The Hall–Kier alpha value is -2.50. The molecule has 1 saturated heterocycles. The molecule has 1 fully saturated rings. The Morgan fingerprint density at radius 3 is 3.05 bits per heavy atom. The van der Waals surface area contributed by atoms with Crippen LogP contribution in [0.5, 0.6) is 0 Å². The first-order chi connectivity index (χ1) is 10.3. The molecule has 3 aromatic heterocycles. The van der Waals surface area contributed by atoms with E-state index in [1.165, 1.54) is 5.56 Å². The maximum Gasteiger partial charge on any atom is 0.164 e. The molecule has 0 aromatic carbocycles. The Morgan fingerprint density at radius 2 is 2.19 bits per heavy atom. The van der Waals surface area contributed by atoms with Crippen LogP contribution in [0.3, 0.4) is 0 Å². The molecule has 1 aliphatic rings. The first-order valence-electron chi connectivity index (χ1n) is 7.13. The van der Waals surface area contributed by atoms with Crippen LogP contribution in [0.15, 0.2) is 37.1 Å². The minimum Gasteiger partial charge on any atom is -0.354 e. The second-order valence-electron chi connectivity index (χ2n) is 5.46. The summed E-state index contributed by atoms with van der Waals surface area (Å²) in [6.45, 7) is 3.96. The van der Waals surface area contributed by atoms with Gasteiger partial charge in [0.15, 0.2) is 5.65 Å². The number of pyridine rings is 1. The lowest BCUT2D eigenvalue weighted by atomic mass is 10.3. The fourth-order valence-electron chi connectivity index (χ4n) is 2.92. The van der Waals surface area contributed by atoms with Gasteiger partial charge in [0, 0.05) is 25.5 Å². The number of fused-ring (bicyclic) bond motifs is 1. The predicted octanol–water partition coefficient (Wildman–Crippen LogP) is 1.98. The molecule has 1 unspecified atom stereocenters. The van der Waals surface area contributed by atoms with Crippen LogP contribution in [0, 0.1) is 6.92 Å². The van der Waals surface area contributed by atoms with Crippen LogP contribution in [-0.2, 0) is 0 Å². The maximum absolute atomic E-state index is 4.47. The summed E-state index contributed by atoms with van der Waals surface area (Å²) in [4.78, 5) is 15.3. The number of aromatic nitrogens is 5. The number of aryl methyl sites for hydroxylation is 1. The van der Waals surface area contributed by atoms with E-state index >= 15 is 0 Å². The fourth-order valence-corrected chi connectivity index (χ4v) is 2.92. The zero-order valence-corrected chi connectivity index (χ0v) is 11.8. The minimum atomic E-state index is 0.403. The zero-order chi connectivity index (χ0) is 14.2. The van der Waals surface area contributed by atoms with E-state index in [4.69, 9.17) is 0 Å². The molecule has 0 spiro atoms. The molecule has 21 heavy (non-hydrogen) atoms. The number of anilines is 1. The third-order valence-corrected chi connectivity index (χ3v) is 3.96. The average molecular weight is 280 g/mol. The summed E-state index contributed by atoms with van der Waals surface area (Å²) in [5, 5.41) is 5.44. The molecule has 1 aliphatic heterocycles. The van der Waals surface area contributed by atoms with Gasteiger partial charge in [-0.15, -0.1) is 0 Å². The van der Waals surface area contributed by atoms with Crippen molar-refractivity contribution in [3.8, 4) is 0 Å². The number of hydrogen-bond donors (Lipinski definition) is 0. The molecular formula is C15H16N6. The molecule has 6 heteroatoms. The molecule has 4 heterocycles. The van der Waals surface area contributed by atoms with Gasteiger partial charge in [0.25, 0.3) is 0 Å². The lowest BCUT2D eigenvalue weighted by molar-refractivity contribution is 0.494. The van der Waals surface area contributed by atoms with Gasteiger partial charge in [-0.05, 0) is 31.0 Å². The molecule has 0 bridgehead atoms. The molecule has 0 amide bonds. The van der Waals surface area contributed by atoms with Gasteiger partial charge < -0.3 is 4.90 Å². The highest BCUT2D eigenvalue weighted by Crippen LogP contribution is 2.29. The first kappa shape index (κ1) is 12.3. The summed E-state index contributed by atoms with van der Waals surface area (Å²) in [6, 6.07) is 4.36. The Labute approximate surface area is 122 Å². The highest BCUT2D eigenvalue weighted by Gasteiger charge is 2.26. The molecule has 4 rings (SSSR count). The molecule has 106 valence electrons. The predicted molar refractivity (Wildman–Crippen MR) is 80.2 cm³/mol. The largest absolute Gasteiger partial charge is 0.354 e. The van der Waals surface area contributed by atoms with Crippen molar-refractivity contribution >= 4 is 16.9 Å². The lowest BCUT2D eigenvalue weighted by Gasteiger charge is -2.18. The number of hydrogen-bond acceptors (Lipinski definition) is 5. The lowest BCUT2D eigenvalue weighted by Crippen LogP contribution is -2.22. The van der Waals surface area contributed by atoms with Gasteiger partial charge in [0.2, 0.25) is 0 Å². The maximum atomic E-state index is 4.47. The fraction of sp³-hybridized carbons (Fsp3) is 0.333. The standard InChI is InChI=1S/C15H16N6/c1-11-7-19-21(8-11)12-4-6-20(9-12)15-13-3-2-5-16-14(13)17-10-18-15/h2-3,5,7-8,10,12H,4,6,9H2,1H3. The van der Waals surface area contributed by atoms with Crippen LogP contribution in [0.4, 0.5) is 5.82 Å². The summed E-state index contributed by atoms with van der Waals surface area (Å²) in [5.41, 5.74) is 1.95. The van der Waals surface area contributed by atoms with Gasteiger partial charge in [-0.2, -0.15) is 5.10 Å². The average Bonchev–Trinajstić information content (AvgIpc) is 3.15. The first-order valence-corrected chi connectivity index (χ1v) is 7.13. The van der Waals surface area contributed by atoms with Crippen LogP contribution in [-0.4, -0.2) is 37.8 Å². The second kappa shape index (κ2) is 4.80. The van der Waals surface area contributed by atoms with Gasteiger partial charge in [-0.25, -0.2) is 15.0 Å². The van der Waals surface area contributed by atoms with Crippen molar-refractivity contribution in [1.29, 1.82) is 0 Å². The van der Waals surface area contributed by atoms with Crippen molar-refractivity contribution in [3.05, 3.63) is 42.6 Å². The van der Waals surface area contributed by atoms with E-state index in [0.717, 1.165) is 36.4 Å². The van der Waals surface area contributed by atoms with Crippen molar-refractivity contribution in [3.63, 3.8) is 0 Å². The van der Waals surface area contributed by atoms with Crippen LogP contribution >= 0.6 is 0 Å². The summed E-state index contributed by atoms with van der Waals surface area (Å²) >= 11 is 0. The van der Waals surface area contributed by atoms with Crippen molar-refractivity contribution in [2.75, 3.05) is 18.0 Å². The minimum absolute atomic E-state index is 0.403. The van der Waals surface area contributed by atoms with Gasteiger partial charge >= 0.3 is 0 Å². The normalized spacial score (nSPS) is 18.5. The van der Waals surface area contributed by atoms with E-state index in [-0.39, 0.29) is 0 Å². The van der Waals surface area contributed by atoms with Gasteiger partial charge in [0.05, 0.1) is 17.6 Å². The third kappa shape index (κ3) is 2.12. The number of rotatable bonds is 2. The molecule has 0 aliphatic carbocycles. The van der Waals surface area contributed by atoms with Crippen molar-refractivity contribution in [1.82, 2.24) is 24.7 Å². The summed E-state index contributed by atoms with van der Waals surface area (Å²) in [7, 11) is 0. The van der Waals surface area contributed by atoms with Crippen LogP contribution in [0.2, 0.25) is 0 Å². The van der Waals surface area contributed by atoms with Crippen LogP contribution in [0.25, 0.3) is 11.0 Å². The van der Waals surface area contributed by atoms with Crippen LogP contribution < -0.4 is 4.90 Å². The third-order valence-electron chi connectivity index (χ3n) is 3.96. The summed E-state index contributed by atoms with van der Waals surface area (Å²) < 4.78 is 2.07. The summed E-state index contributed by atoms with van der Waals surface area (Å²) in [5.74, 6) is 0.972. The van der Waals surface area contributed by atoms with E-state index < -0.39 is 0 Å². The van der Waals surface area contributed by atoms with E-state index in [1.807, 2.05) is 18.3 Å². The summed E-state index contributed by atoms with van der Waals surface area (Å²) in [6.07, 6.45) is 8.45. The van der Waals surface area contributed by atoms with Gasteiger partial charge in [-0.1, -0.05) is 0 Å². The molecule has 6 nitrogen and oxygen atoms in total. The van der Waals surface area contributed by atoms with E-state index in [1.54, 1.807) is 12.5 Å². The quantitative estimate of drug-likeness (QED) is 0.718. The second-order valence-corrected chi connectivity index (χ2v) is 5.46. The molecule has 3 aromatic rings. The van der Waals surface area contributed by atoms with E-state index in [0.29, 0.717) is 6.04 Å². The number of nitrogens with zero attached hydrogens (tertiary/aromatic N) is 6. The Balaban J connectivity index is 1.65. The smallest absolute Gasteiger partial charge is 0.164 e. The van der Waals surface area contributed by atoms with E-state index in [2.05, 4.69) is 42.8 Å². The molecule has 0 N–H and O–H groups in total. The Kier molecular flexibility index (Phi) is 2.80. The molecule has 0 radical (unpaired) electrons. The topological polar surface area (TPSA) is 59.7 Å². The molecule has 0 saturated carbocycles. The van der Waals surface area contributed by atoms with Gasteiger partial charge in [-0.3, -0.25) is 4.68 Å². The van der Waals surface area contributed by atoms with Crippen LogP contribution in [0.1, 0.15) is 18.0 Å². The van der Waals surface area contributed by atoms with Crippen molar-refractivity contribution in [2.45, 2.75) is 19.4 Å². The molecule has 1 atom stereocenters. The van der Waals surface area contributed by atoms with Crippen molar-refractivity contribution in [2.24, 2.45) is 0 Å². The highest BCUT2D eigenvalue weighted by molar-refractivity contribution is 5.86. The SMILES string of the molecule is Cc1cnn(C2CCN(c3ncnc4ncccc34)C2)c1. The molecular weight excluding hydrogens is 264 g/mol. The highest BCUT2D eigenvalue weighted by atomic mass is 15.3. The zero-order valence-electron chi connectivity index (χ0n) is 11.8. The monoisotopic (exact) mass is 280 g/mol.